The van der Waals surface area contributed by atoms with Crippen molar-refractivity contribution in [2.45, 2.75) is 32.7 Å². The summed E-state index contributed by atoms with van der Waals surface area (Å²) in [5.74, 6) is 0.538. The molecule has 1 amide bonds. The van der Waals surface area contributed by atoms with Crippen LogP contribution in [0.4, 0.5) is 0 Å². The summed E-state index contributed by atoms with van der Waals surface area (Å²) in [6.45, 7) is 4.80. The van der Waals surface area contributed by atoms with Crippen LogP contribution in [0.3, 0.4) is 0 Å². The maximum absolute atomic E-state index is 12.5. The largest absolute Gasteiger partial charge is 0.334 e. The van der Waals surface area contributed by atoms with Gasteiger partial charge in [-0.2, -0.15) is 0 Å². The number of nitrogens with zero attached hydrogens (tertiary/aromatic N) is 1. The molecule has 1 aromatic rings. The number of hydrogen-bond acceptors (Lipinski definition) is 2. The van der Waals surface area contributed by atoms with Crippen molar-refractivity contribution in [1.82, 2.24) is 4.90 Å². The Morgan fingerprint density at radius 2 is 2.06 bits per heavy atom. The molecular weight excluding hydrogens is 401 g/mol. The van der Waals surface area contributed by atoms with E-state index in [0.717, 1.165) is 26.0 Å². The Morgan fingerprint density at radius 1 is 1.44 bits per heavy atom. The Labute approximate surface area is 134 Å². The standard InChI is InChI=1S/C12H16Br2ClNOS/c1-3-8(4-2)16(6-5-15)12(17)10-7-9(13)11(14)18-10/h7-8H,3-6H2,1-2H3. The lowest BCUT2D eigenvalue weighted by atomic mass is 10.1. The first kappa shape index (κ1) is 16.5. The van der Waals surface area contributed by atoms with Crippen molar-refractivity contribution in [3.05, 3.63) is 19.2 Å². The van der Waals surface area contributed by atoms with Gasteiger partial charge in [0.05, 0.1) is 8.66 Å². The molecule has 0 saturated heterocycles. The summed E-state index contributed by atoms with van der Waals surface area (Å²) in [5.41, 5.74) is 0. The van der Waals surface area contributed by atoms with Crippen LogP contribution in [-0.2, 0) is 0 Å². The SMILES string of the molecule is CCC(CC)N(CCCl)C(=O)c1cc(Br)c(Br)s1. The van der Waals surface area contributed by atoms with Gasteiger partial charge in [-0.15, -0.1) is 22.9 Å². The number of amides is 1. The zero-order valence-electron chi connectivity index (χ0n) is 10.4. The number of thiophene rings is 1. The van der Waals surface area contributed by atoms with E-state index in [4.69, 9.17) is 11.6 Å². The fourth-order valence-corrected chi connectivity index (χ4v) is 4.04. The van der Waals surface area contributed by atoms with Crippen LogP contribution in [0.1, 0.15) is 36.4 Å². The van der Waals surface area contributed by atoms with Gasteiger partial charge in [0, 0.05) is 22.9 Å². The van der Waals surface area contributed by atoms with Crippen molar-refractivity contribution in [3.63, 3.8) is 0 Å². The Morgan fingerprint density at radius 3 is 2.44 bits per heavy atom. The maximum Gasteiger partial charge on any atom is 0.264 e. The first-order valence-corrected chi connectivity index (χ1v) is 8.80. The van der Waals surface area contributed by atoms with Gasteiger partial charge < -0.3 is 4.90 Å². The monoisotopic (exact) mass is 415 g/mol. The molecule has 0 aliphatic heterocycles. The van der Waals surface area contributed by atoms with Gasteiger partial charge in [-0.05, 0) is 50.8 Å². The lowest BCUT2D eigenvalue weighted by Crippen LogP contribution is -2.40. The highest BCUT2D eigenvalue weighted by atomic mass is 79.9. The third kappa shape index (κ3) is 3.95. The number of halogens is 3. The molecule has 1 aromatic heterocycles. The van der Waals surface area contributed by atoms with E-state index in [-0.39, 0.29) is 11.9 Å². The first-order chi connectivity index (χ1) is 8.54. The molecule has 2 nitrogen and oxygen atoms in total. The van der Waals surface area contributed by atoms with Gasteiger partial charge in [0.25, 0.3) is 5.91 Å². The molecule has 0 spiro atoms. The maximum atomic E-state index is 12.5. The van der Waals surface area contributed by atoms with E-state index in [1.807, 2.05) is 11.0 Å². The van der Waals surface area contributed by atoms with Crippen molar-refractivity contribution in [1.29, 1.82) is 0 Å². The number of alkyl halides is 1. The number of carbonyl (C=O) groups excluding carboxylic acids is 1. The van der Waals surface area contributed by atoms with Gasteiger partial charge in [0.1, 0.15) is 0 Å². The lowest BCUT2D eigenvalue weighted by molar-refractivity contribution is 0.0686. The van der Waals surface area contributed by atoms with Gasteiger partial charge in [0.2, 0.25) is 0 Å². The summed E-state index contributed by atoms with van der Waals surface area (Å²) in [6.07, 6.45) is 1.90. The van der Waals surface area contributed by atoms with Crippen LogP contribution in [0.25, 0.3) is 0 Å². The molecule has 0 unspecified atom stereocenters. The molecule has 1 rings (SSSR count). The molecule has 0 radical (unpaired) electrons. The second-order valence-corrected chi connectivity index (χ2v) is 7.49. The summed E-state index contributed by atoms with van der Waals surface area (Å²) in [4.78, 5) is 15.1. The lowest BCUT2D eigenvalue weighted by Gasteiger charge is -2.29. The van der Waals surface area contributed by atoms with Crippen molar-refractivity contribution in [3.8, 4) is 0 Å². The van der Waals surface area contributed by atoms with Gasteiger partial charge in [0.15, 0.2) is 0 Å². The zero-order valence-corrected chi connectivity index (χ0v) is 15.1. The Balaban J connectivity index is 2.94. The Bertz CT molecular complexity index is 387. The molecule has 0 bridgehead atoms. The highest BCUT2D eigenvalue weighted by Crippen LogP contribution is 2.33. The van der Waals surface area contributed by atoms with E-state index in [1.54, 1.807) is 0 Å². The predicted molar refractivity (Wildman–Crippen MR) is 85.8 cm³/mol. The number of carbonyl (C=O) groups is 1. The highest BCUT2D eigenvalue weighted by molar-refractivity contribution is 9.13. The van der Waals surface area contributed by atoms with Crippen molar-refractivity contribution >= 4 is 60.7 Å². The van der Waals surface area contributed by atoms with E-state index in [1.165, 1.54) is 11.3 Å². The molecule has 0 atom stereocenters. The fraction of sp³-hybridized carbons (Fsp3) is 0.583. The second-order valence-electron chi connectivity index (χ2n) is 3.89. The molecule has 0 aromatic carbocycles. The van der Waals surface area contributed by atoms with Gasteiger partial charge in [-0.1, -0.05) is 13.8 Å². The normalized spacial score (nSPS) is 11.0. The summed E-state index contributed by atoms with van der Waals surface area (Å²) in [5, 5.41) is 0. The van der Waals surface area contributed by atoms with Crippen molar-refractivity contribution in [2.75, 3.05) is 12.4 Å². The van der Waals surface area contributed by atoms with Gasteiger partial charge >= 0.3 is 0 Å². The molecular formula is C12H16Br2ClNOS. The molecule has 0 saturated carbocycles. The average Bonchev–Trinajstić information content (AvgIpc) is 2.69. The van der Waals surface area contributed by atoms with Crippen LogP contribution >= 0.6 is 54.8 Å². The highest BCUT2D eigenvalue weighted by Gasteiger charge is 2.23. The predicted octanol–water partition coefficient (Wildman–Crippen LogP) is 5.14. The molecule has 0 aliphatic rings. The zero-order chi connectivity index (χ0) is 13.7. The van der Waals surface area contributed by atoms with Gasteiger partial charge in [-0.25, -0.2) is 0 Å². The Hall–Kier alpha value is 0.420. The van der Waals surface area contributed by atoms with Crippen LogP contribution in [0.2, 0.25) is 0 Å². The fourth-order valence-electron chi connectivity index (χ4n) is 1.86. The summed E-state index contributed by atoms with van der Waals surface area (Å²) in [7, 11) is 0. The van der Waals surface area contributed by atoms with Crippen molar-refractivity contribution < 1.29 is 4.79 Å². The third-order valence-corrected chi connectivity index (χ3v) is 6.24. The smallest absolute Gasteiger partial charge is 0.264 e. The second kappa shape index (κ2) is 7.88. The number of hydrogen-bond donors (Lipinski definition) is 0. The van der Waals surface area contributed by atoms with E-state index < -0.39 is 0 Å². The van der Waals surface area contributed by atoms with Crippen LogP contribution in [0, 0.1) is 0 Å². The van der Waals surface area contributed by atoms with Crippen LogP contribution in [0.5, 0.6) is 0 Å². The molecule has 6 heteroatoms. The van der Waals surface area contributed by atoms with E-state index >= 15 is 0 Å². The molecule has 1 heterocycles. The topological polar surface area (TPSA) is 20.3 Å². The van der Waals surface area contributed by atoms with E-state index in [9.17, 15) is 4.79 Å². The average molecular weight is 418 g/mol. The minimum atomic E-state index is 0.0701. The first-order valence-electron chi connectivity index (χ1n) is 5.86. The molecule has 0 fully saturated rings. The van der Waals surface area contributed by atoms with E-state index in [0.29, 0.717) is 12.4 Å². The molecule has 0 N–H and O–H groups in total. The van der Waals surface area contributed by atoms with Crippen LogP contribution < -0.4 is 0 Å². The summed E-state index contributed by atoms with van der Waals surface area (Å²) in [6, 6.07) is 2.12. The summed E-state index contributed by atoms with van der Waals surface area (Å²) < 4.78 is 1.87. The van der Waals surface area contributed by atoms with Crippen LogP contribution in [-0.4, -0.2) is 29.3 Å². The molecule has 0 aliphatic carbocycles. The third-order valence-electron chi connectivity index (χ3n) is 2.83. The van der Waals surface area contributed by atoms with Crippen LogP contribution in [0.15, 0.2) is 14.3 Å². The van der Waals surface area contributed by atoms with Gasteiger partial charge in [-0.3, -0.25) is 4.79 Å². The minimum Gasteiger partial charge on any atom is -0.334 e. The molecule has 18 heavy (non-hydrogen) atoms. The van der Waals surface area contributed by atoms with Crippen molar-refractivity contribution in [2.24, 2.45) is 0 Å². The Kier molecular flexibility index (Phi) is 7.21. The number of rotatable bonds is 6. The van der Waals surface area contributed by atoms with E-state index in [2.05, 4.69) is 45.7 Å². The minimum absolute atomic E-state index is 0.0701. The quantitative estimate of drug-likeness (QED) is 0.587. The summed E-state index contributed by atoms with van der Waals surface area (Å²) >= 11 is 14.1. The molecule has 102 valence electrons.